The standard InChI is InChI=1S/C14H19FN2O2/c15-13-12(6-3-7-16-13)14(19)17-8-10-4-1-2-5-11(10)9-18/h3,6-7,10-11,18H,1-2,4-5,8-9H2,(H,17,19). The van der Waals surface area contributed by atoms with E-state index in [1.807, 2.05) is 0 Å². The van der Waals surface area contributed by atoms with Crippen LogP contribution in [0.1, 0.15) is 36.0 Å². The third-order valence-corrected chi connectivity index (χ3v) is 3.83. The summed E-state index contributed by atoms with van der Waals surface area (Å²) in [4.78, 5) is 15.3. The highest BCUT2D eigenvalue weighted by Gasteiger charge is 2.25. The van der Waals surface area contributed by atoms with Crippen LogP contribution < -0.4 is 5.32 Å². The Labute approximate surface area is 112 Å². The third-order valence-electron chi connectivity index (χ3n) is 3.83. The molecule has 0 bridgehead atoms. The highest BCUT2D eigenvalue weighted by Crippen LogP contribution is 2.29. The van der Waals surface area contributed by atoms with Crippen molar-refractivity contribution in [2.24, 2.45) is 11.8 Å². The van der Waals surface area contributed by atoms with Crippen molar-refractivity contribution in [1.29, 1.82) is 0 Å². The summed E-state index contributed by atoms with van der Waals surface area (Å²) in [5, 5.41) is 12.0. The van der Waals surface area contributed by atoms with Gasteiger partial charge in [0.25, 0.3) is 5.91 Å². The second kappa shape index (κ2) is 6.61. The van der Waals surface area contributed by atoms with E-state index in [1.54, 1.807) is 0 Å². The van der Waals surface area contributed by atoms with Gasteiger partial charge >= 0.3 is 0 Å². The van der Waals surface area contributed by atoms with E-state index < -0.39 is 11.9 Å². The third kappa shape index (κ3) is 3.50. The Morgan fingerprint density at radius 2 is 2.16 bits per heavy atom. The number of nitrogens with one attached hydrogen (secondary N) is 1. The summed E-state index contributed by atoms with van der Waals surface area (Å²) in [6, 6.07) is 2.96. The summed E-state index contributed by atoms with van der Waals surface area (Å²) in [6.07, 6.45) is 5.57. The molecule has 2 rings (SSSR count). The molecule has 1 aliphatic carbocycles. The largest absolute Gasteiger partial charge is 0.396 e. The molecule has 0 aliphatic heterocycles. The SMILES string of the molecule is O=C(NCC1CCCCC1CO)c1cccnc1F. The van der Waals surface area contributed by atoms with Gasteiger partial charge in [0.05, 0.1) is 5.56 Å². The van der Waals surface area contributed by atoms with E-state index in [0.29, 0.717) is 6.54 Å². The average molecular weight is 266 g/mol. The quantitative estimate of drug-likeness (QED) is 0.816. The minimum absolute atomic E-state index is 0.0288. The van der Waals surface area contributed by atoms with Crippen molar-refractivity contribution in [1.82, 2.24) is 10.3 Å². The second-order valence-corrected chi connectivity index (χ2v) is 5.04. The van der Waals surface area contributed by atoms with Gasteiger partial charge in [-0.2, -0.15) is 4.39 Å². The van der Waals surface area contributed by atoms with Crippen LogP contribution in [0.25, 0.3) is 0 Å². The molecule has 5 heteroatoms. The molecule has 4 nitrogen and oxygen atoms in total. The fourth-order valence-corrected chi connectivity index (χ4v) is 2.67. The highest BCUT2D eigenvalue weighted by molar-refractivity contribution is 5.94. The van der Waals surface area contributed by atoms with Crippen molar-refractivity contribution in [2.45, 2.75) is 25.7 Å². The number of carbonyl (C=O) groups excluding carboxylic acids is 1. The summed E-state index contributed by atoms with van der Waals surface area (Å²) in [7, 11) is 0. The fourth-order valence-electron chi connectivity index (χ4n) is 2.67. The van der Waals surface area contributed by atoms with Crippen LogP contribution in [-0.2, 0) is 0 Å². The number of aliphatic hydroxyl groups excluding tert-OH is 1. The molecule has 1 aromatic rings. The first kappa shape index (κ1) is 13.9. The van der Waals surface area contributed by atoms with Crippen molar-refractivity contribution in [3.05, 3.63) is 29.8 Å². The number of aliphatic hydroxyl groups is 1. The summed E-state index contributed by atoms with van der Waals surface area (Å²) in [5.41, 5.74) is -0.0288. The van der Waals surface area contributed by atoms with Gasteiger partial charge in [0, 0.05) is 19.3 Å². The van der Waals surface area contributed by atoms with Crippen LogP contribution in [0.2, 0.25) is 0 Å². The Kier molecular flexibility index (Phi) is 4.85. The van der Waals surface area contributed by atoms with Crippen molar-refractivity contribution >= 4 is 5.91 Å². The smallest absolute Gasteiger partial charge is 0.255 e. The van der Waals surface area contributed by atoms with Gasteiger partial charge < -0.3 is 10.4 Å². The molecule has 0 aromatic carbocycles. The first-order valence-corrected chi connectivity index (χ1v) is 6.72. The Morgan fingerprint density at radius 1 is 1.42 bits per heavy atom. The van der Waals surface area contributed by atoms with Crippen LogP contribution in [0, 0.1) is 17.8 Å². The lowest BCUT2D eigenvalue weighted by molar-refractivity contribution is 0.0904. The normalized spacial score (nSPS) is 23.1. The van der Waals surface area contributed by atoms with Gasteiger partial charge in [-0.1, -0.05) is 12.8 Å². The van der Waals surface area contributed by atoms with Gasteiger partial charge in [-0.25, -0.2) is 4.98 Å². The Balaban J connectivity index is 1.91. The van der Waals surface area contributed by atoms with Crippen LogP contribution in [0.4, 0.5) is 4.39 Å². The monoisotopic (exact) mass is 266 g/mol. The van der Waals surface area contributed by atoms with Crippen LogP contribution in [-0.4, -0.2) is 29.1 Å². The molecule has 1 aromatic heterocycles. The Hall–Kier alpha value is -1.49. The van der Waals surface area contributed by atoms with E-state index in [4.69, 9.17) is 0 Å². The molecular formula is C14H19FN2O2. The number of nitrogens with zero attached hydrogens (tertiary/aromatic N) is 1. The fraction of sp³-hybridized carbons (Fsp3) is 0.571. The van der Waals surface area contributed by atoms with Crippen molar-refractivity contribution in [3.8, 4) is 0 Å². The maximum Gasteiger partial charge on any atom is 0.255 e. The molecule has 104 valence electrons. The first-order chi connectivity index (χ1) is 9.22. The number of hydrogen-bond acceptors (Lipinski definition) is 3. The van der Waals surface area contributed by atoms with E-state index in [0.717, 1.165) is 25.7 Å². The number of hydrogen-bond donors (Lipinski definition) is 2. The molecule has 0 spiro atoms. The molecule has 2 N–H and O–H groups in total. The predicted molar refractivity (Wildman–Crippen MR) is 69.1 cm³/mol. The van der Waals surface area contributed by atoms with E-state index in [2.05, 4.69) is 10.3 Å². The maximum atomic E-state index is 13.3. The molecule has 1 aliphatic rings. The molecular weight excluding hydrogens is 247 g/mol. The Morgan fingerprint density at radius 3 is 2.84 bits per heavy atom. The lowest BCUT2D eigenvalue weighted by atomic mass is 9.79. The van der Waals surface area contributed by atoms with Gasteiger partial charge in [0.1, 0.15) is 0 Å². The molecule has 1 heterocycles. The lowest BCUT2D eigenvalue weighted by Crippen LogP contribution is -2.35. The zero-order valence-corrected chi connectivity index (χ0v) is 10.8. The van der Waals surface area contributed by atoms with Crippen molar-refractivity contribution in [3.63, 3.8) is 0 Å². The van der Waals surface area contributed by atoms with E-state index in [-0.39, 0.29) is 24.0 Å². The molecule has 19 heavy (non-hydrogen) atoms. The van der Waals surface area contributed by atoms with Gasteiger partial charge in [-0.3, -0.25) is 4.79 Å². The molecule has 1 amide bonds. The average Bonchev–Trinajstić information content (AvgIpc) is 2.45. The molecule has 2 atom stereocenters. The summed E-state index contributed by atoms with van der Waals surface area (Å²) < 4.78 is 13.3. The minimum atomic E-state index is -0.748. The van der Waals surface area contributed by atoms with Gasteiger partial charge in [0.15, 0.2) is 0 Å². The number of pyridine rings is 1. The second-order valence-electron chi connectivity index (χ2n) is 5.04. The summed E-state index contributed by atoms with van der Waals surface area (Å²) >= 11 is 0. The van der Waals surface area contributed by atoms with Gasteiger partial charge in [-0.05, 0) is 36.8 Å². The first-order valence-electron chi connectivity index (χ1n) is 6.72. The number of aromatic nitrogens is 1. The molecule has 0 saturated heterocycles. The van der Waals surface area contributed by atoms with Crippen molar-refractivity contribution in [2.75, 3.05) is 13.2 Å². The topological polar surface area (TPSA) is 62.2 Å². The van der Waals surface area contributed by atoms with Gasteiger partial charge in [0.2, 0.25) is 5.95 Å². The number of rotatable bonds is 4. The molecule has 1 fully saturated rings. The van der Waals surface area contributed by atoms with Crippen molar-refractivity contribution < 1.29 is 14.3 Å². The summed E-state index contributed by atoms with van der Waals surface area (Å²) in [6.45, 7) is 0.639. The predicted octanol–water partition coefficient (Wildman–Crippen LogP) is 1.75. The van der Waals surface area contributed by atoms with Crippen LogP contribution in [0.5, 0.6) is 0 Å². The molecule has 2 unspecified atom stereocenters. The van der Waals surface area contributed by atoms with E-state index in [1.165, 1.54) is 18.3 Å². The lowest BCUT2D eigenvalue weighted by Gasteiger charge is -2.30. The van der Waals surface area contributed by atoms with Crippen LogP contribution in [0.3, 0.4) is 0 Å². The molecule has 0 radical (unpaired) electrons. The van der Waals surface area contributed by atoms with Crippen LogP contribution in [0.15, 0.2) is 18.3 Å². The van der Waals surface area contributed by atoms with E-state index in [9.17, 15) is 14.3 Å². The van der Waals surface area contributed by atoms with Crippen LogP contribution >= 0.6 is 0 Å². The zero-order chi connectivity index (χ0) is 13.7. The minimum Gasteiger partial charge on any atom is -0.396 e. The Bertz CT molecular complexity index is 439. The molecule has 1 saturated carbocycles. The maximum absolute atomic E-state index is 13.3. The number of carbonyl (C=O) groups is 1. The summed E-state index contributed by atoms with van der Waals surface area (Å²) in [5.74, 6) is -0.662. The number of amides is 1. The number of halogens is 1. The highest BCUT2D eigenvalue weighted by atomic mass is 19.1. The van der Waals surface area contributed by atoms with Gasteiger partial charge in [-0.15, -0.1) is 0 Å². The zero-order valence-electron chi connectivity index (χ0n) is 10.8. The van der Waals surface area contributed by atoms with E-state index >= 15 is 0 Å².